The molecular weight excluding hydrogens is 414 g/mol. The Bertz CT molecular complexity index is 1100. The molecule has 3 aromatic carbocycles. The molecule has 7 heteroatoms. The summed E-state index contributed by atoms with van der Waals surface area (Å²) in [5.41, 5.74) is 2.53. The zero-order valence-corrected chi connectivity index (χ0v) is 18.6. The molecule has 31 heavy (non-hydrogen) atoms. The summed E-state index contributed by atoms with van der Waals surface area (Å²) in [6, 6.07) is 17.4. The summed E-state index contributed by atoms with van der Waals surface area (Å²) in [6.45, 7) is 2.53. The zero-order valence-electron chi connectivity index (χ0n) is 17.9. The van der Waals surface area contributed by atoms with E-state index in [-0.39, 0.29) is 24.9 Å². The number of nitrogens with one attached hydrogen (secondary N) is 2. The number of rotatable bonds is 8. The van der Waals surface area contributed by atoms with Gasteiger partial charge in [0.2, 0.25) is 11.8 Å². The highest BCUT2D eigenvalue weighted by Crippen LogP contribution is 2.23. The van der Waals surface area contributed by atoms with Crippen LogP contribution in [0.5, 0.6) is 5.75 Å². The predicted octanol–water partition coefficient (Wildman–Crippen LogP) is 4.00. The molecule has 0 aliphatic heterocycles. The minimum atomic E-state index is -0.300. The number of methoxy groups -OCH3 is 1. The number of halogens is 1. The van der Waals surface area contributed by atoms with Crippen LogP contribution in [0.2, 0.25) is 5.02 Å². The first-order chi connectivity index (χ1) is 14.9. The molecular formula is C24H26ClN3O3. The molecule has 0 aliphatic carbocycles. The van der Waals surface area contributed by atoms with Crippen LogP contribution in [0.3, 0.4) is 0 Å². The van der Waals surface area contributed by atoms with Gasteiger partial charge in [0.1, 0.15) is 5.75 Å². The van der Waals surface area contributed by atoms with E-state index in [2.05, 4.69) is 16.7 Å². The van der Waals surface area contributed by atoms with Crippen molar-refractivity contribution in [2.75, 3.05) is 32.6 Å². The summed E-state index contributed by atoms with van der Waals surface area (Å²) in [6.07, 6.45) is 0. The van der Waals surface area contributed by atoms with E-state index in [0.29, 0.717) is 17.3 Å². The molecule has 6 nitrogen and oxygen atoms in total. The van der Waals surface area contributed by atoms with Crippen LogP contribution in [0.4, 0.5) is 5.69 Å². The lowest BCUT2D eigenvalue weighted by Gasteiger charge is -2.17. The summed E-state index contributed by atoms with van der Waals surface area (Å²) < 4.78 is 5.26. The van der Waals surface area contributed by atoms with Crippen molar-refractivity contribution in [3.8, 4) is 5.75 Å². The molecule has 0 fully saturated rings. The van der Waals surface area contributed by atoms with Gasteiger partial charge in [0.25, 0.3) is 0 Å². The highest BCUT2D eigenvalue weighted by atomic mass is 35.5. The summed E-state index contributed by atoms with van der Waals surface area (Å²) in [7, 11) is 3.52. The highest BCUT2D eigenvalue weighted by molar-refractivity contribution is 6.31. The molecule has 0 aromatic heterocycles. The van der Waals surface area contributed by atoms with E-state index < -0.39 is 0 Å². The lowest BCUT2D eigenvalue weighted by atomic mass is 10.1. The summed E-state index contributed by atoms with van der Waals surface area (Å²) in [5, 5.41) is 8.22. The zero-order chi connectivity index (χ0) is 22.4. The van der Waals surface area contributed by atoms with Crippen LogP contribution < -0.4 is 15.4 Å². The second kappa shape index (κ2) is 10.3. The van der Waals surface area contributed by atoms with Gasteiger partial charge in [-0.15, -0.1) is 0 Å². The van der Waals surface area contributed by atoms with E-state index in [4.69, 9.17) is 16.3 Å². The third-order valence-corrected chi connectivity index (χ3v) is 5.38. The van der Waals surface area contributed by atoms with Gasteiger partial charge in [-0.25, -0.2) is 0 Å². The molecule has 0 saturated heterocycles. The van der Waals surface area contributed by atoms with Gasteiger partial charge in [-0.05, 0) is 66.2 Å². The number of amides is 2. The lowest BCUT2D eigenvalue weighted by Crippen LogP contribution is -2.39. The molecule has 162 valence electrons. The number of carbonyl (C=O) groups excluding carboxylic acids is 2. The smallest absolute Gasteiger partial charge is 0.243 e. The molecule has 0 radical (unpaired) electrons. The molecule has 3 rings (SSSR count). The summed E-state index contributed by atoms with van der Waals surface area (Å²) in [5.74, 6) is 0.306. The Morgan fingerprint density at radius 3 is 2.55 bits per heavy atom. The Balaban J connectivity index is 1.48. The standard InChI is InChI=1S/C24H26ClN3O3/c1-16-21(25)5-4-6-22(16)27-23(29)13-26-24(30)15-28(2)14-17-7-8-19-12-20(31-3)10-9-18(19)11-17/h4-12H,13-15H2,1-3H3,(H,26,30)(H,27,29). The predicted molar refractivity (Wildman–Crippen MR) is 125 cm³/mol. The second-order valence-corrected chi connectivity index (χ2v) is 7.86. The van der Waals surface area contributed by atoms with Gasteiger partial charge >= 0.3 is 0 Å². The number of fused-ring (bicyclic) bond motifs is 1. The fourth-order valence-corrected chi connectivity index (χ4v) is 3.46. The van der Waals surface area contributed by atoms with Crippen molar-refractivity contribution in [2.24, 2.45) is 0 Å². The van der Waals surface area contributed by atoms with Crippen molar-refractivity contribution in [1.29, 1.82) is 0 Å². The largest absolute Gasteiger partial charge is 0.497 e. The van der Waals surface area contributed by atoms with Gasteiger partial charge in [-0.2, -0.15) is 0 Å². The second-order valence-electron chi connectivity index (χ2n) is 7.46. The van der Waals surface area contributed by atoms with Gasteiger partial charge in [0.05, 0.1) is 20.2 Å². The van der Waals surface area contributed by atoms with Gasteiger partial charge in [0.15, 0.2) is 0 Å². The molecule has 2 N–H and O–H groups in total. The number of anilines is 1. The number of benzene rings is 3. The van der Waals surface area contributed by atoms with Crippen LogP contribution in [0.1, 0.15) is 11.1 Å². The Morgan fingerprint density at radius 1 is 1.03 bits per heavy atom. The monoisotopic (exact) mass is 439 g/mol. The van der Waals surface area contributed by atoms with E-state index in [1.165, 1.54) is 0 Å². The molecule has 0 unspecified atom stereocenters. The minimum Gasteiger partial charge on any atom is -0.497 e. The third-order valence-electron chi connectivity index (χ3n) is 4.97. The first-order valence-corrected chi connectivity index (χ1v) is 10.3. The average Bonchev–Trinajstić information content (AvgIpc) is 2.75. The third kappa shape index (κ3) is 6.20. The average molecular weight is 440 g/mol. The van der Waals surface area contributed by atoms with Crippen molar-refractivity contribution in [3.05, 3.63) is 70.7 Å². The summed E-state index contributed by atoms with van der Waals surface area (Å²) in [4.78, 5) is 26.3. The van der Waals surface area contributed by atoms with Crippen molar-refractivity contribution in [3.63, 3.8) is 0 Å². The first-order valence-electron chi connectivity index (χ1n) is 9.92. The Morgan fingerprint density at radius 2 is 1.77 bits per heavy atom. The number of likely N-dealkylation sites (N-methyl/N-ethyl adjacent to an activating group) is 1. The molecule has 0 spiro atoms. The number of hydrogen-bond donors (Lipinski definition) is 2. The SMILES string of the molecule is COc1ccc2cc(CN(C)CC(=O)NCC(=O)Nc3cccc(Cl)c3C)ccc2c1. The fourth-order valence-electron chi connectivity index (χ4n) is 3.28. The van der Waals surface area contributed by atoms with E-state index in [9.17, 15) is 9.59 Å². The number of ether oxygens (including phenoxy) is 1. The van der Waals surface area contributed by atoms with E-state index in [0.717, 1.165) is 27.6 Å². The van der Waals surface area contributed by atoms with Gasteiger partial charge in [-0.1, -0.05) is 35.9 Å². The van der Waals surface area contributed by atoms with E-state index in [1.807, 2.05) is 49.2 Å². The maximum absolute atomic E-state index is 12.2. The quantitative estimate of drug-likeness (QED) is 0.556. The molecule has 0 heterocycles. The van der Waals surface area contributed by atoms with Crippen LogP contribution in [0.25, 0.3) is 10.8 Å². The highest BCUT2D eigenvalue weighted by Gasteiger charge is 2.11. The van der Waals surface area contributed by atoms with Crippen LogP contribution in [0.15, 0.2) is 54.6 Å². The van der Waals surface area contributed by atoms with Crippen LogP contribution in [-0.2, 0) is 16.1 Å². The minimum absolute atomic E-state index is 0.101. The van der Waals surface area contributed by atoms with Gasteiger partial charge in [0, 0.05) is 17.3 Å². The van der Waals surface area contributed by atoms with Gasteiger partial charge in [-0.3, -0.25) is 14.5 Å². The normalized spacial score (nSPS) is 10.9. The number of hydrogen-bond acceptors (Lipinski definition) is 4. The van der Waals surface area contributed by atoms with Crippen molar-refractivity contribution < 1.29 is 14.3 Å². The molecule has 0 bridgehead atoms. The van der Waals surface area contributed by atoms with Gasteiger partial charge < -0.3 is 15.4 Å². The van der Waals surface area contributed by atoms with Crippen molar-refractivity contribution >= 4 is 39.9 Å². The van der Waals surface area contributed by atoms with Crippen LogP contribution >= 0.6 is 11.6 Å². The van der Waals surface area contributed by atoms with E-state index in [1.54, 1.807) is 25.3 Å². The molecule has 3 aromatic rings. The molecule has 0 aliphatic rings. The van der Waals surface area contributed by atoms with Crippen LogP contribution in [-0.4, -0.2) is 44.0 Å². The Hall–Kier alpha value is -3.09. The first kappa shape index (κ1) is 22.6. The maximum atomic E-state index is 12.2. The molecule has 0 atom stereocenters. The summed E-state index contributed by atoms with van der Waals surface area (Å²) >= 11 is 6.06. The lowest BCUT2D eigenvalue weighted by molar-refractivity contribution is -0.124. The number of nitrogens with zero attached hydrogens (tertiary/aromatic N) is 1. The Labute approximate surface area is 187 Å². The van der Waals surface area contributed by atoms with Crippen molar-refractivity contribution in [1.82, 2.24) is 10.2 Å². The topological polar surface area (TPSA) is 70.7 Å². The number of carbonyl (C=O) groups is 2. The fraction of sp³-hybridized carbons (Fsp3) is 0.250. The maximum Gasteiger partial charge on any atom is 0.243 e. The van der Waals surface area contributed by atoms with Crippen molar-refractivity contribution in [2.45, 2.75) is 13.5 Å². The molecule has 2 amide bonds. The molecule has 0 saturated carbocycles. The van der Waals surface area contributed by atoms with Crippen LogP contribution in [0, 0.1) is 6.92 Å². The van der Waals surface area contributed by atoms with E-state index >= 15 is 0 Å². The Kier molecular flexibility index (Phi) is 7.50.